The van der Waals surface area contributed by atoms with Crippen LogP contribution in [0.4, 0.5) is 4.39 Å². The minimum atomic E-state index is -0.922. The van der Waals surface area contributed by atoms with E-state index in [4.69, 9.17) is 9.84 Å². The van der Waals surface area contributed by atoms with Gasteiger partial charge in [-0.3, -0.25) is 4.79 Å². The van der Waals surface area contributed by atoms with Gasteiger partial charge in [-0.2, -0.15) is 0 Å². The molecule has 0 spiro atoms. The van der Waals surface area contributed by atoms with Crippen molar-refractivity contribution in [2.45, 2.75) is 25.7 Å². The first-order valence-corrected chi connectivity index (χ1v) is 5.13. The predicted molar refractivity (Wildman–Crippen MR) is 58.2 cm³/mol. The lowest BCUT2D eigenvalue weighted by atomic mass is 9.92. The molecule has 0 saturated heterocycles. The second kappa shape index (κ2) is 5.49. The summed E-state index contributed by atoms with van der Waals surface area (Å²) in [5.74, 6) is -1.07. The van der Waals surface area contributed by atoms with Gasteiger partial charge in [0.05, 0.1) is 13.5 Å². The van der Waals surface area contributed by atoms with Crippen molar-refractivity contribution < 1.29 is 19.0 Å². The normalized spacial score (nSPS) is 12.2. The Morgan fingerprint density at radius 2 is 2.25 bits per heavy atom. The molecule has 1 atom stereocenters. The van der Waals surface area contributed by atoms with Crippen LogP contribution in [0.15, 0.2) is 18.2 Å². The lowest BCUT2D eigenvalue weighted by Crippen LogP contribution is -2.07. The van der Waals surface area contributed by atoms with Gasteiger partial charge in [-0.1, -0.05) is 6.92 Å². The lowest BCUT2D eigenvalue weighted by molar-refractivity contribution is -0.137. The van der Waals surface area contributed by atoms with Crippen LogP contribution in [-0.2, 0) is 4.79 Å². The standard InChI is InChI=1S/C12H15FO3/c1-3-8(6-12(14)15)10-7-9(16-2)4-5-11(10)13/h4-5,7-8H,3,6H2,1-2H3,(H,14,15)/t8-/m0/s1. The van der Waals surface area contributed by atoms with E-state index in [0.29, 0.717) is 17.7 Å². The first kappa shape index (κ1) is 12.5. The molecule has 0 heterocycles. The van der Waals surface area contributed by atoms with Crippen molar-refractivity contribution in [1.82, 2.24) is 0 Å². The molecule has 1 rings (SSSR count). The van der Waals surface area contributed by atoms with E-state index in [1.807, 2.05) is 6.92 Å². The summed E-state index contributed by atoms with van der Waals surface area (Å²) < 4.78 is 18.5. The second-order valence-corrected chi connectivity index (χ2v) is 3.59. The summed E-state index contributed by atoms with van der Waals surface area (Å²) in [6.07, 6.45) is 0.511. The van der Waals surface area contributed by atoms with Gasteiger partial charge in [-0.25, -0.2) is 4.39 Å². The minimum Gasteiger partial charge on any atom is -0.497 e. The summed E-state index contributed by atoms with van der Waals surface area (Å²) in [4.78, 5) is 10.7. The number of halogens is 1. The van der Waals surface area contributed by atoms with E-state index in [2.05, 4.69) is 0 Å². The molecular weight excluding hydrogens is 211 g/mol. The second-order valence-electron chi connectivity index (χ2n) is 3.59. The van der Waals surface area contributed by atoms with Crippen molar-refractivity contribution in [3.8, 4) is 5.75 Å². The molecule has 0 fully saturated rings. The first-order valence-electron chi connectivity index (χ1n) is 5.13. The number of benzene rings is 1. The van der Waals surface area contributed by atoms with Crippen molar-refractivity contribution in [2.75, 3.05) is 7.11 Å². The maximum absolute atomic E-state index is 13.5. The number of aliphatic carboxylic acids is 1. The number of hydrogen-bond acceptors (Lipinski definition) is 2. The molecule has 0 aromatic heterocycles. The maximum Gasteiger partial charge on any atom is 0.303 e. The molecule has 0 bridgehead atoms. The molecule has 1 aromatic carbocycles. The van der Waals surface area contributed by atoms with Gasteiger partial charge in [-0.15, -0.1) is 0 Å². The summed E-state index contributed by atoms with van der Waals surface area (Å²) in [7, 11) is 1.50. The third kappa shape index (κ3) is 2.95. The molecule has 0 saturated carbocycles. The van der Waals surface area contributed by atoms with Crippen molar-refractivity contribution in [3.63, 3.8) is 0 Å². The molecule has 88 valence electrons. The fourth-order valence-corrected chi connectivity index (χ4v) is 1.65. The summed E-state index contributed by atoms with van der Waals surface area (Å²) >= 11 is 0. The monoisotopic (exact) mass is 226 g/mol. The summed E-state index contributed by atoms with van der Waals surface area (Å²) in [6, 6.07) is 4.39. The van der Waals surface area contributed by atoms with Gasteiger partial charge in [-0.05, 0) is 36.1 Å². The van der Waals surface area contributed by atoms with E-state index in [-0.39, 0.29) is 18.2 Å². The molecule has 0 aliphatic carbocycles. The zero-order valence-electron chi connectivity index (χ0n) is 9.37. The Bertz CT molecular complexity index is 377. The summed E-state index contributed by atoms with van der Waals surface area (Å²) in [5, 5.41) is 8.74. The lowest BCUT2D eigenvalue weighted by Gasteiger charge is -2.14. The van der Waals surface area contributed by atoms with Crippen molar-refractivity contribution in [2.24, 2.45) is 0 Å². The maximum atomic E-state index is 13.5. The number of carboxylic acids is 1. The van der Waals surface area contributed by atoms with Crippen LogP contribution in [0, 0.1) is 5.82 Å². The Labute approximate surface area is 93.9 Å². The fraction of sp³-hybridized carbons (Fsp3) is 0.417. The molecule has 3 nitrogen and oxygen atoms in total. The summed E-state index contributed by atoms with van der Waals surface area (Å²) in [5.41, 5.74) is 0.407. The van der Waals surface area contributed by atoms with E-state index >= 15 is 0 Å². The molecule has 16 heavy (non-hydrogen) atoms. The molecule has 0 unspecified atom stereocenters. The Morgan fingerprint density at radius 1 is 1.56 bits per heavy atom. The van der Waals surface area contributed by atoms with Crippen LogP contribution < -0.4 is 4.74 Å². The topological polar surface area (TPSA) is 46.5 Å². The van der Waals surface area contributed by atoms with Crippen LogP contribution in [0.5, 0.6) is 5.75 Å². The van der Waals surface area contributed by atoms with Crippen LogP contribution in [0.3, 0.4) is 0 Å². The van der Waals surface area contributed by atoms with Crippen LogP contribution in [0.2, 0.25) is 0 Å². The fourth-order valence-electron chi connectivity index (χ4n) is 1.65. The number of carboxylic acid groups (broad SMARTS) is 1. The molecule has 0 amide bonds. The van der Waals surface area contributed by atoms with E-state index in [1.54, 1.807) is 6.07 Å². The average molecular weight is 226 g/mol. The Kier molecular flexibility index (Phi) is 4.28. The zero-order valence-corrected chi connectivity index (χ0v) is 9.37. The minimum absolute atomic E-state index is 0.0689. The predicted octanol–water partition coefficient (Wildman–Crippen LogP) is 2.80. The number of carbonyl (C=O) groups is 1. The number of methoxy groups -OCH3 is 1. The molecule has 1 N–H and O–H groups in total. The quantitative estimate of drug-likeness (QED) is 0.839. The van der Waals surface area contributed by atoms with Gasteiger partial charge in [0.2, 0.25) is 0 Å². The summed E-state index contributed by atoms with van der Waals surface area (Å²) in [6.45, 7) is 1.84. The zero-order chi connectivity index (χ0) is 12.1. The van der Waals surface area contributed by atoms with Gasteiger partial charge in [0.25, 0.3) is 0 Å². The van der Waals surface area contributed by atoms with E-state index in [0.717, 1.165) is 0 Å². The molecule has 1 aromatic rings. The van der Waals surface area contributed by atoms with Crippen LogP contribution >= 0.6 is 0 Å². The molecular formula is C12H15FO3. The smallest absolute Gasteiger partial charge is 0.303 e. The van der Waals surface area contributed by atoms with Crippen molar-refractivity contribution in [1.29, 1.82) is 0 Å². The highest BCUT2D eigenvalue weighted by Gasteiger charge is 2.18. The number of rotatable bonds is 5. The number of hydrogen-bond donors (Lipinski definition) is 1. The Hall–Kier alpha value is -1.58. The largest absolute Gasteiger partial charge is 0.497 e. The van der Waals surface area contributed by atoms with Crippen LogP contribution in [0.25, 0.3) is 0 Å². The van der Waals surface area contributed by atoms with Gasteiger partial charge in [0.1, 0.15) is 11.6 Å². The first-order chi connectivity index (χ1) is 7.58. The molecule has 0 aliphatic heterocycles. The Balaban J connectivity index is 3.02. The Morgan fingerprint density at radius 3 is 2.75 bits per heavy atom. The van der Waals surface area contributed by atoms with E-state index < -0.39 is 5.97 Å². The van der Waals surface area contributed by atoms with Crippen molar-refractivity contribution >= 4 is 5.97 Å². The highest BCUT2D eigenvalue weighted by molar-refractivity contribution is 5.68. The van der Waals surface area contributed by atoms with Crippen LogP contribution in [0.1, 0.15) is 31.2 Å². The average Bonchev–Trinajstić information content (AvgIpc) is 2.26. The van der Waals surface area contributed by atoms with Gasteiger partial charge in [0, 0.05) is 0 Å². The van der Waals surface area contributed by atoms with Gasteiger partial charge in [0.15, 0.2) is 0 Å². The molecule has 0 aliphatic rings. The third-order valence-electron chi connectivity index (χ3n) is 2.56. The SMILES string of the molecule is CC[C@@H](CC(=O)O)c1cc(OC)ccc1F. The third-order valence-corrected chi connectivity index (χ3v) is 2.56. The highest BCUT2D eigenvalue weighted by atomic mass is 19.1. The van der Waals surface area contributed by atoms with Gasteiger partial charge < -0.3 is 9.84 Å². The van der Waals surface area contributed by atoms with Crippen LogP contribution in [-0.4, -0.2) is 18.2 Å². The van der Waals surface area contributed by atoms with Crippen molar-refractivity contribution in [3.05, 3.63) is 29.6 Å². The molecule has 4 heteroatoms. The molecule has 0 radical (unpaired) electrons. The van der Waals surface area contributed by atoms with E-state index in [1.165, 1.54) is 19.2 Å². The van der Waals surface area contributed by atoms with E-state index in [9.17, 15) is 9.18 Å². The number of ether oxygens (including phenoxy) is 1. The van der Waals surface area contributed by atoms with Gasteiger partial charge >= 0.3 is 5.97 Å². The highest BCUT2D eigenvalue weighted by Crippen LogP contribution is 2.28.